The standard InChI is InChI=1S/C15H18ClN3O5S/c1-10-13(7-11(8-17)15(20)24-5-4-23-2)14(16)19(18-10)12-3-6-25(21,22)9-12/h7,12H,3-6,9H2,1-2H3/b11-7+/t12-/m1/s1. The number of nitrogens with zero attached hydrogens (tertiary/aromatic N) is 3. The highest BCUT2D eigenvalue weighted by atomic mass is 35.5. The molecule has 10 heteroatoms. The van der Waals surface area contributed by atoms with Gasteiger partial charge in [0.15, 0.2) is 9.84 Å². The molecule has 0 spiro atoms. The van der Waals surface area contributed by atoms with Crippen LogP contribution in [0.25, 0.3) is 6.08 Å². The summed E-state index contributed by atoms with van der Waals surface area (Å²) < 4.78 is 34.4. The van der Waals surface area contributed by atoms with E-state index in [4.69, 9.17) is 21.1 Å². The normalized spacial score (nSPS) is 19.6. The maximum absolute atomic E-state index is 11.9. The smallest absolute Gasteiger partial charge is 0.348 e. The van der Waals surface area contributed by atoms with Gasteiger partial charge >= 0.3 is 5.97 Å². The Kier molecular flexibility index (Phi) is 6.21. The van der Waals surface area contributed by atoms with E-state index < -0.39 is 15.8 Å². The number of esters is 1. The van der Waals surface area contributed by atoms with Gasteiger partial charge in [-0.3, -0.25) is 0 Å². The van der Waals surface area contributed by atoms with Crippen LogP contribution >= 0.6 is 11.6 Å². The van der Waals surface area contributed by atoms with E-state index in [2.05, 4.69) is 5.10 Å². The molecule has 2 heterocycles. The van der Waals surface area contributed by atoms with Gasteiger partial charge in [0.2, 0.25) is 0 Å². The quantitative estimate of drug-likeness (QED) is 0.313. The zero-order valence-corrected chi connectivity index (χ0v) is 15.4. The molecule has 0 aliphatic carbocycles. The van der Waals surface area contributed by atoms with Crippen LogP contribution in [0.2, 0.25) is 5.15 Å². The molecule has 0 radical (unpaired) electrons. The van der Waals surface area contributed by atoms with Crippen molar-refractivity contribution >= 4 is 33.5 Å². The Morgan fingerprint density at radius 3 is 2.80 bits per heavy atom. The molecule has 136 valence electrons. The first kappa shape index (κ1) is 19.4. The number of carbonyl (C=O) groups is 1. The second-order valence-electron chi connectivity index (χ2n) is 5.59. The third-order valence-electron chi connectivity index (χ3n) is 3.77. The predicted octanol–water partition coefficient (Wildman–Crippen LogP) is 1.30. The molecule has 25 heavy (non-hydrogen) atoms. The number of rotatable bonds is 6. The number of hydrogen-bond acceptors (Lipinski definition) is 7. The first-order valence-corrected chi connectivity index (χ1v) is 9.72. The summed E-state index contributed by atoms with van der Waals surface area (Å²) in [4.78, 5) is 11.9. The summed E-state index contributed by atoms with van der Waals surface area (Å²) in [6.07, 6.45) is 1.73. The first-order valence-electron chi connectivity index (χ1n) is 7.52. The lowest BCUT2D eigenvalue weighted by Crippen LogP contribution is -2.12. The van der Waals surface area contributed by atoms with Crippen molar-refractivity contribution in [1.29, 1.82) is 5.26 Å². The summed E-state index contributed by atoms with van der Waals surface area (Å²) >= 11 is 6.31. The van der Waals surface area contributed by atoms with E-state index in [-0.39, 0.29) is 41.5 Å². The number of hydrogen-bond donors (Lipinski definition) is 0. The van der Waals surface area contributed by atoms with Gasteiger partial charge in [0, 0.05) is 12.7 Å². The third-order valence-corrected chi connectivity index (χ3v) is 5.90. The van der Waals surface area contributed by atoms with Gasteiger partial charge in [-0.25, -0.2) is 17.9 Å². The van der Waals surface area contributed by atoms with Gasteiger partial charge < -0.3 is 9.47 Å². The summed E-state index contributed by atoms with van der Waals surface area (Å²) in [5.74, 6) is -0.722. The maximum Gasteiger partial charge on any atom is 0.348 e. The van der Waals surface area contributed by atoms with Crippen molar-refractivity contribution in [3.8, 4) is 6.07 Å². The van der Waals surface area contributed by atoms with Crippen LogP contribution in [-0.4, -0.2) is 56.0 Å². The lowest BCUT2D eigenvalue weighted by molar-refractivity contribution is -0.139. The molecule has 1 aromatic heterocycles. The molecular weight excluding hydrogens is 370 g/mol. The van der Waals surface area contributed by atoms with Crippen molar-refractivity contribution in [2.45, 2.75) is 19.4 Å². The fourth-order valence-electron chi connectivity index (χ4n) is 2.48. The van der Waals surface area contributed by atoms with E-state index >= 15 is 0 Å². The van der Waals surface area contributed by atoms with E-state index in [0.717, 1.165) is 0 Å². The number of carbonyl (C=O) groups excluding carboxylic acids is 1. The summed E-state index contributed by atoms with van der Waals surface area (Å²) in [6, 6.07) is 1.43. The molecule has 0 N–H and O–H groups in total. The molecule has 0 aromatic carbocycles. The van der Waals surface area contributed by atoms with E-state index in [9.17, 15) is 18.5 Å². The third kappa shape index (κ3) is 4.60. The molecule has 8 nitrogen and oxygen atoms in total. The van der Waals surface area contributed by atoms with Crippen LogP contribution in [0.3, 0.4) is 0 Å². The Bertz CT molecular complexity index is 838. The van der Waals surface area contributed by atoms with Crippen LogP contribution in [0.5, 0.6) is 0 Å². The van der Waals surface area contributed by atoms with Crippen molar-refractivity contribution in [1.82, 2.24) is 9.78 Å². The average Bonchev–Trinajstić information content (AvgIpc) is 3.05. The van der Waals surface area contributed by atoms with Gasteiger partial charge in [-0.15, -0.1) is 0 Å². The lowest BCUT2D eigenvalue weighted by atomic mass is 10.1. The minimum Gasteiger partial charge on any atom is -0.459 e. The Morgan fingerprint density at radius 2 is 2.24 bits per heavy atom. The van der Waals surface area contributed by atoms with E-state index in [1.54, 1.807) is 13.0 Å². The molecule has 2 rings (SSSR count). The molecule has 0 amide bonds. The van der Waals surface area contributed by atoms with Gasteiger partial charge in [-0.1, -0.05) is 11.6 Å². The zero-order valence-electron chi connectivity index (χ0n) is 13.9. The highest BCUT2D eigenvalue weighted by Crippen LogP contribution is 2.31. The number of ether oxygens (including phenoxy) is 2. The maximum atomic E-state index is 11.9. The van der Waals surface area contributed by atoms with Crippen LogP contribution in [0.1, 0.15) is 23.7 Å². The molecule has 1 aliphatic rings. The van der Waals surface area contributed by atoms with E-state index in [1.807, 2.05) is 0 Å². The Balaban J connectivity index is 2.27. The van der Waals surface area contributed by atoms with Crippen LogP contribution in [-0.2, 0) is 24.1 Å². The molecular formula is C15H18ClN3O5S. The molecule has 1 atom stereocenters. The van der Waals surface area contributed by atoms with Crippen molar-refractivity contribution in [2.24, 2.45) is 0 Å². The molecule has 1 saturated heterocycles. The number of nitriles is 1. The van der Waals surface area contributed by atoms with Crippen molar-refractivity contribution in [3.05, 3.63) is 22.0 Å². The largest absolute Gasteiger partial charge is 0.459 e. The van der Waals surface area contributed by atoms with Gasteiger partial charge in [-0.2, -0.15) is 10.4 Å². The Labute approximate surface area is 150 Å². The number of methoxy groups -OCH3 is 1. The van der Waals surface area contributed by atoms with Crippen LogP contribution in [0.15, 0.2) is 5.57 Å². The van der Waals surface area contributed by atoms with Crippen LogP contribution in [0.4, 0.5) is 0 Å². The molecule has 1 aromatic rings. The summed E-state index contributed by atoms with van der Waals surface area (Å²) in [5, 5.41) is 13.6. The SMILES string of the molecule is COCCOC(=O)/C(C#N)=C/c1c(C)nn([C@@H]2CCS(=O)(=O)C2)c1Cl. The second kappa shape index (κ2) is 7.99. The summed E-state index contributed by atoms with van der Waals surface area (Å²) in [6.45, 7) is 1.92. The van der Waals surface area contributed by atoms with Crippen LogP contribution < -0.4 is 0 Å². The fourth-order valence-corrected chi connectivity index (χ4v) is 4.54. The van der Waals surface area contributed by atoms with Gasteiger partial charge in [0.25, 0.3) is 0 Å². The highest BCUT2D eigenvalue weighted by molar-refractivity contribution is 7.91. The van der Waals surface area contributed by atoms with Gasteiger partial charge in [-0.05, 0) is 19.4 Å². The Morgan fingerprint density at radius 1 is 1.52 bits per heavy atom. The van der Waals surface area contributed by atoms with Gasteiger partial charge in [0.05, 0.1) is 29.8 Å². The molecule has 0 unspecified atom stereocenters. The zero-order chi connectivity index (χ0) is 18.6. The molecule has 0 bridgehead atoms. The van der Waals surface area contributed by atoms with Gasteiger partial charge in [0.1, 0.15) is 23.4 Å². The minimum atomic E-state index is -3.09. The summed E-state index contributed by atoms with van der Waals surface area (Å²) in [7, 11) is -1.62. The second-order valence-corrected chi connectivity index (χ2v) is 8.18. The number of halogens is 1. The Hall–Kier alpha value is -1.89. The van der Waals surface area contributed by atoms with Crippen molar-refractivity contribution in [2.75, 3.05) is 31.8 Å². The lowest BCUT2D eigenvalue weighted by Gasteiger charge is -2.09. The predicted molar refractivity (Wildman–Crippen MR) is 90.7 cm³/mol. The minimum absolute atomic E-state index is 0.0266. The van der Waals surface area contributed by atoms with E-state index in [1.165, 1.54) is 17.9 Å². The molecule has 0 saturated carbocycles. The number of aryl methyl sites for hydroxylation is 1. The molecule has 1 aliphatic heterocycles. The fraction of sp³-hybridized carbons (Fsp3) is 0.533. The van der Waals surface area contributed by atoms with Crippen LogP contribution in [0, 0.1) is 18.3 Å². The van der Waals surface area contributed by atoms with E-state index in [0.29, 0.717) is 17.7 Å². The average molecular weight is 388 g/mol. The number of aromatic nitrogens is 2. The van der Waals surface area contributed by atoms with Crippen molar-refractivity contribution < 1.29 is 22.7 Å². The topological polar surface area (TPSA) is 111 Å². The first-order chi connectivity index (χ1) is 11.8. The number of sulfone groups is 1. The molecule has 1 fully saturated rings. The highest BCUT2D eigenvalue weighted by Gasteiger charge is 2.32. The summed E-state index contributed by atoms with van der Waals surface area (Å²) in [5.41, 5.74) is 0.664. The monoisotopic (exact) mass is 387 g/mol. The van der Waals surface area contributed by atoms with Crippen molar-refractivity contribution in [3.63, 3.8) is 0 Å².